The molecule has 0 aliphatic rings. The molecule has 7 nitrogen and oxygen atoms in total. The predicted octanol–water partition coefficient (Wildman–Crippen LogP) is -0.376. The lowest BCUT2D eigenvalue weighted by Gasteiger charge is -2.32. The Hall–Kier alpha value is -1.70. The standard InChI is InChI=1S/C12H20N2O5/c1-5-11(17)13(7-15)9(3)19-10(4)14(8-16)12(18)6-2/h5-6,9-10,15-16H,1-2,7-8H2,3-4H3. The van der Waals surface area contributed by atoms with Crippen molar-refractivity contribution >= 4 is 11.8 Å². The van der Waals surface area contributed by atoms with E-state index in [4.69, 9.17) is 14.9 Å². The van der Waals surface area contributed by atoms with Crippen molar-refractivity contribution in [1.82, 2.24) is 9.80 Å². The zero-order chi connectivity index (χ0) is 15.0. The highest BCUT2D eigenvalue weighted by molar-refractivity contribution is 5.87. The topological polar surface area (TPSA) is 90.3 Å². The molecule has 19 heavy (non-hydrogen) atoms. The maximum atomic E-state index is 11.4. The van der Waals surface area contributed by atoms with Crippen LogP contribution in [0.5, 0.6) is 0 Å². The Balaban J connectivity index is 4.72. The molecular formula is C12H20N2O5. The van der Waals surface area contributed by atoms with Crippen molar-refractivity contribution < 1.29 is 24.5 Å². The van der Waals surface area contributed by atoms with E-state index >= 15 is 0 Å². The van der Waals surface area contributed by atoms with E-state index in [-0.39, 0.29) is 0 Å². The van der Waals surface area contributed by atoms with Crippen molar-refractivity contribution in [3.8, 4) is 0 Å². The van der Waals surface area contributed by atoms with Crippen LogP contribution in [0.25, 0.3) is 0 Å². The molecule has 2 N–H and O–H groups in total. The van der Waals surface area contributed by atoms with Crippen LogP contribution in [-0.2, 0) is 14.3 Å². The Morgan fingerprint density at radius 1 is 1.05 bits per heavy atom. The summed E-state index contributed by atoms with van der Waals surface area (Å²) >= 11 is 0. The van der Waals surface area contributed by atoms with Gasteiger partial charge in [0.1, 0.15) is 25.9 Å². The molecule has 0 aliphatic carbocycles. The lowest BCUT2D eigenvalue weighted by Crippen LogP contribution is -2.47. The largest absolute Gasteiger partial charge is 0.376 e. The van der Waals surface area contributed by atoms with Crippen molar-refractivity contribution in [2.75, 3.05) is 13.5 Å². The smallest absolute Gasteiger partial charge is 0.249 e. The second-order valence-electron chi connectivity index (χ2n) is 3.64. The van der Waals surface area contributed by atoms with Crippen LogP contribution in [0, 0.1) is 0 Å². The first-order chi connectivity index (χ1) is 8.92. The molecule has 0 heterocycles. The molecule has 0 aromatic heterocycles. The van der Waals surface area contributed by atoms with Gasteiger partial charge in [0.2, 0.25) is 11.8 Å². The van der Waals surface area contributed by atoms with Gasteiger partial charge < -0.3 is 14.9 Å². The second kappa shape index (κ2) is 8.41. The van der Waals surface area contributed by atoms with Crippen LogP contribution in [0.4, 0.5) is 0 Å². The third kappa shape index (κ3) is 4.82. The van der Waals surface area contributed by atoms with Gasteiger partial charge in [0.05, 0.1) is 0 Å². The number of carbonyl (C=O) groups excluding carboxylic acids is 2. The fraction of sp³-hybridized carbons (Fsp3) is 0.500. The first-order valence-electron chi connectivity index (χ1n) is 5.66. The number of aliphatic hydroxyl groups excluding tert-OH is 2. The van der Waals surface area contributed by atoms with Crippen LogP contribution < -0.4 is 0 Å². The van der Waals surface area contributed by atoms with Crippen molar-refractivity contribution in [3.63, 3.8) is 0 Å². The van der Waals surface area contributed by atoms with E-state index in [9.17, 15) is 9.59 Å². The van der Waals surface area contributed by atoms with Gasteiger partial charge in [-0.25, -0.2) is 0 Å². The van der Waals surface area contributed by atoms with E-state index in [1.54, 1.807) is 0 Å². The van der Waals surface area contributed by atoms with Gasteiger partial charge in [-0.3, -0.25) is 19.4 Å². The Morgan fingerprint density at radius 2 is 1.37 bits per heavy atom. The molecule has 2 unspecified atom stereocenters. The van der Waals surface area contributed by atoms with Crippen molar-refractivity contribution in [1.29, 1.82) is 0 Å². The van der Waals surface area contributed by atoms with Gasteiger partial charge in [-0.15, -0.1) is 0 Å². The summed E-state index contributed by atoms with van der Waals surface area (Å²) in [5, 5.41) is 18.2. The van der Waals surface area contributed by atoms with E-state index in [2.05, 4.69) is 13.2 Å². The fourth-order valence-electron chi connectivity index (χ4n) is 1.39. The van der Waals surface area contributed by atoms with E-state index in [1.807, 2.05) is 0 Å². The summed E-state index contributed by atoms with van der Waals surface area (Å²) in [5.74, 6) is -1.01. The molecule has 0 bridgehead atoms. The summed E-state index contributed by atoms with van der Waals surface area (Å²) in [7, 11) is 0. The van der Waals surface area contributed by atoms with E-state index < -0.39 is 37.7 Å². The minimum absolute atomic E-state index is 0.507. The first kappa shape index (κ1) is 17.3. The number of nitrogens with zero attached hydrogens (tertiary/aromatic N) is 2. The molecule has 108 valence electrons. The third-order valence-corrected chi connectivity index (χ3v) is 2.49. The predicted molar refractivity (Wildman–Crippen MR) is 68.3 cm³/mol. The quantitative estimate of drug-likeness (QED) is 0.464. The summed E-state index contributed by atoms with van der Waals surface area (Å²) in [5.41, 5.74) is 0. The molecule has 0 aromatic carbocycles. The highest BCUT2D eigenvalue weighted by Crippen LogP contribution is 2.09. The van der Waals surface area contributed by atoms with Gasteiger partial charge in [0.25, 0.3) is 0 Å². The van der Waals surface area contributed by atoms with E-state index in [1.165, 1.54) is 13.8 Å². The summed E-state index contributed by atoms with van der Waals surface area (Å²) in [6, 6.07) is 0. The SMILES string of the molecule is C=CC(=O)N(CO)C(C)OC(C)N(CO)C(=O)C=C. The van der Waals surface area contributed by atoms with E-state index in [0.717, 1.165) is 22.0 Å². The normalized spacial score (nSPS) is 13.3. The van der Waals surface area contributed by atoms with E-state index in [0.29, 0.717) is 0 Å². The van der Waals surface area contributed by atoms with Crippen molar-refractivity contribution in [2.24, 2.45) is 0 Å². The summed E-state index contributed by atoms with van der Waals surface area (Å²) in [6.45, 7) is 8.58. The average molecular weight is 272 g/mol. The Labute approximate surface area is 112 Å². The maximum Gasteiger partial charge on any atom is 0.249 e. The van der Waals surface area contributed by atoms with Crippen LogP contribution >= 0.6 is 0 Å². The Morgan fingerprint density at radius 3 is 1.58 bits per heavy atom. The average Bonchev–Trinajstić information content (AvgIpc) is 2.39. The zero-order valence-corrected chi connectivity index (χ0v) is 11.2. The van der Waals surface area contributed by atoms with Gasteiger partial charge >= 0.3 is 0 Å². The number of aliphatic hydroxyl groups is 2. The molecule has 0 radical (unpaired) electrons. The van der Waals surface area contributed by atoms with Gasteiger partial charge in [0, 0.05) is 0 Å². The summed E-state index contributed by atoms with van der Waals surface area (Å²) < 4.78 is 5.40. The van der Waals surface area contributed by atoms with Gasteiger partial charge in [0.15, 0.2) is 0 Å². The van der Waals surface area contributed by atoms with Crippen LogP contribution in [0.2, 0.25) is 0 Å². The lowest BCUT2D eigenvalue weighted by molar-refractivity contribution is -0.179. The Kier molecular flexibility index (Phi) is 7.66. The molecule has 0 fully saturated rings. The monoisotopic (exact) mass is 272 g/mol. The molecule has 0 aromatic rings. The molecule has 0 rings (SSSR count). The molecule has 0 aliphatic heterocycles. The Bertz CT molecular complexity index is 313. The van der Waals surface area contributed by atoms with Gasteiger partial charge in [-0.2, -0.15) is 0 Å². The van der Waals surface area contributed by atoms with Crippen molar-refractivity contribution in [3.05, 3.63) is 25.3 Å². The number of hydrogen-bond acceptors (Lipinski definition) is 5. The van der Waals surface area contributed by atoms with Crippen LogP contribution in [0.15, 0.2) is 25.3 Å². The highest BCUT2D eigenvalue weighted by Gasteiger charge is 2.24. The van der Waals surface area contributed by atoms with Gasteiger partial charge in [-0.05, 0) is 26.0 Å². The third-order valence-electron chi connectivity index (χ3n) is 2.49. The minimum atomic E-state index is -0.794. The molecule has 2 amide bonds. The molecule has 7 heteroatoms. The molecule has 0 saturated carbocycles. The van der Waals surface area contributed by atoms with Gasteiger partial charge in [-0.1, -0.05) is 13.2 Å². The first-order valence-corrected chi connectivity index (χ1v) is 5.66. The number of ether oxygens (including phenoxy) is 1. The molecule has 0 spiro atoms. The van der Waals surface area contributed by atoms with Crippen molar-refractivity contribution in [2.45, 2.75) is 26.3 Å². The molecule has 0 saturated heterocycles. The fourth-order valence-corrected chi connectivity index (χ4v) is 1.39. The highest BCUT2D eigenvalue weighted by atomic mass is 16.5. The maximum absolute atomic E-state index is 11.4. The lowest BCUT2D eigenvalue weighted by atomic mass is 10.4. The minimum Gasteiger partial charge on any atom is -0.376 e. The summed E-state index contributed by atoms with van der Waals surface area (Å²) in [4.78, 5) is 24.9. The number of rotatable bonds is 8. The van der Waals surface area contributed by atoms with Crippen LogP contribution in [-0.4, -0.2) is 57.7 Å². The number of hydrogen-bond donors (Lipinski definition) is 2. The zero-order valence-electron chi connectivity index (χ0n) is 11.2. The number of amides is 2. The molecule has 2 atom stereocenters. The van der Waals surface area contributed by atoms with Crippen LogP contribution in [0.1, 0.15) is 13.8 Å². The summed E-state index contributed by atoms with van der Waals surface area (Å²) in [6.07, 6.45) is 0.494. The molecular weight excluding hydrogens is 252 g/mol. The number of carbonyl (C=O) groups is 2. The second-order valence-corrected chi connectivity index (χ2v) is 3.64. The van der Waals surface area contributed by atoms with Crippen LogP contribution in [0.3, 0.4) is 0 Å².